The molecule has 1 heterocycles. The van der Waals surface area contributed by atoms with Crippen LogP contribution in [0, 0.1) is 0 Å². The smallest absolute Gasteiger partial charge is 0.251 e. The minimum atomic E-state index is -0.135. The van der Waals surface area contributed by atoms with Crippen molar-refractivity contribution in [1.82, 2.24) is 10.3 Å². The van der Waals surface area contributed by atoms with Gasteiger partial charge in [0.25, 0.3) is 5.91 Å². The van der Waals surface area contributed by atoms with Crippen LogP contribution in [0.1, 0.15) is 22.3 Å². The van der Waals surface area contributed by atoms with Crippen molar-refractivity contribution in [2.24, 2.45) is 0 Å². The standard InChI is InChI=1S/C16H18ClN3O/c1-18-15-11-13(10-14(17)20-15)16(21)19-9-5-8-12-6-3-2-4-7-12/h2-4,6-7,10-11H,5,8-9H2,1H3,(H,18,20)(H,19,21). The first kappa shape index (κ1) is 15.3. The molecule has 0 unspecified atom stereocenters. The summed E-state index contributed by atoms with van der Waals surface area (Å²) < 4.78 is 0. The third-order valence-electron chi connectivity index (χ3n) is 3.08. The molecule has 2 rings (SSSR count). The molecule has 0 aliphatic rings. The van der Waals surface area contributed by atoms with Gasteiger partial charge in [-0.2, -0.15) is 0 Å². The van der Waals surface area contributed by atoms with Gasteiger partial charge in [0.05, 0.1) is 0 Å². The summed E-state index contributed by atoms with van der Waals surface area (Å²) in [6.45, 7) is 0.628. The highest BCUT2D eigenvalue weighted by molar-refractivity contribution is 6.29. The molecule has 4 nitrogen and oxygen atoms in total. The SMILES string of the molecule is CNc1cc(C(=O)NCCCc2ccccc2)cc(Cl)n1. The normalized spacial score (nSPS) is 10.2. The van der Waals surface area contributed by atoms with Crippen molar-refractivity contribution < 1.29 is 4.79 Å². The van der Waals surface area contributed by atoms with Gasteiger partial charge in [-0.3, -0.25) is 4.79 Å². The molecule has 1 aromatic heterocycles. The third kappa shape index (κ3) is 4.76. The Morgan fingerprint density at radius 1 is 1.24 bits per heavy atom. The van der Waals surface area contributed by atoms with Gasteiger partial charge in [0, 0.05) is 19.2 Å². The van der Waals surface area contributed by atoms with Gasteiger partial charge in [-0.25, -0.2) is 4.98 Å². The van der Waals surface area contributed by atoms with E-state index in [4.69, 9.17) is 11.6 Å². The number of benzene rings is 1. The number of nitrogens with zero attached hydrogens (tertiary/aromatic N) is 1. The molecule has 0 bridgehead atoms. The zero-order valence-electron chi connectivity index (χ0n) is 11.9. The van der Waals surface area contributed by atoms with Gasteiger partial charge in [-0.1, -0.05) is 41.9 Å². The molecule has 2 aromatic rings. The van der Waals surface area contributed by atoms with Crippen LogP contribution in [-0.4, -0.2) is 24.5 Å². The Hall–Kier alpha value is -2.07. The highest BCUT2D eigenvalue weighted by atomic mass is 35.5. The van der Waals surface area contributed by atoms with Crippen molar-refractivity contribution in [3.8, 4) is 0 Å². The van der Waals surface area contributed by atoms with Gasteiger partial charge in [0.2, 0.25) is 0 Å². The molecule has 21 heavy (non-hydrogen) atoms. The Labute approximate surface area is 129 Å². The zero-order valence-corrected chi connectivity index (χ0v) is 12.7. The summed E-state index contributed by atoms with van der Waals surface area (Å²) in [4.78, 5) is 16.1. The number of carbonyl (C=O) groups is 1. The lowest BCUT2D eigenvalue weighted by molar-refractivity contribution is 0.0953. The Morgan fingerprint density at radius 3 is 2.71 bits per heavy atom. The van der Waals surface area contributed by atoms with Gasteiger partial charge in [-0.05, 0) is 30.5 Å². The quantitative estimate of drug-likeness (QED) is 0.637. The van der Waals surface area contributed by atoms with E-state index in [1.165, 1.54) is 5.56 Å². The van der Waals surface area contributed by atoms with Crippen molar-refractivity contribution in [3.05, 3.63) is 58.7 Å². The lowest BCUT2D eigenvalue weighted by Crippen LogP contribution is -2.25. The van der Waals surface area contributed by atoms with Crippen LogP contribution in [-0.2, 0) is 6.42 Å². The Morgan fingerprint density at radius 2 is 2.00 bits per heavy atom. The maximum Gasteiger partial charge on any atom is 0.251 e. The number of aryl methyl sites for hydroxylation is 1. The molecule has 1 aromatic carbocycles. The summed E-state index contributed by atoms with van der Waals surface area (Å²) in [5.41, 5.74) is 1.79. The van der Waals surface area contributed by atoms with Crippen LogP contribution >= 0.6 is 11.6 Å². The average molecular weight is 304 g/mol. The van der Waals surface area contributed by atoms with E-state index in [-0.39, 0.29) is 5.91 Å². The van der Waals surface area contributed by atoms with Crippen LogP contribution in [0.4, 0.5) is 5.82 Å². The molecule has 0 atom stereocenters. The summed E-state index contributed by atoms with van der Waals surface area (Å²) in [5.74, 6) is 0.445. The van der Waals surface area contributed by atoms with Gasteiger partial charge in [0.1, 0.15) is 11.0 Å². The fourth-order valence-corrected chi connectivity index (χ4v) is 2.21. The predicted molar refractivity (Wildman–Crippen MR) is 85.9 cm³/mol. The topological polar surface area (TPSA) is 54.0 Å². The second-order valence-electron chi connectivity index (χ2n) is 4.66. The van der Waals surface area contributed by atoms with Gasteiger partial charge >= 0.3 is 0 Å². The first-order valence-corrected chi connectivity index (χ1v) is 7.24. The average Bonchev–Trinajstić information content (AvgIpc) is 2.51. The van der Waals surface area contributed by atoms with E-state index >= 15 is 0 Å². The van der Waals surface area contributed by atoms with Crippen LogP contribution in [0.15, 0.2) is 42.5 Å². The number of halogens is 1. The number of anilines is 1. The molecule has 2 N–H and O–H groups in total. The molecule has 110 valence electrons. The van der Waals surface area contributed by atoms with Crippen molar-refractivity contribution in [2.75, 3.05) is 18.9 Å². The van der Waals surface area contributed by atoms with Gasteiger partial charge in [-0.15, -0.1) is 0 Å². The van der Waals surface area contributed by atoms with Crippen LogP contribution < -0.4 is 10.6 Å². The number of carbonyl (C=O) groups excluding carboxylic acids is 1. The van der Waals surface area contributed by atoms with Crippen LogP contribution in [0.5, 0.6) is 0 Å². The molecular weight excluding hydrogens is 286 g/mol. The second kappa shape index (κ2) is 7.64. The summed E-state index contributed by atoms with van der Waals surface area (Å²) in [6, 6.07) is 13.5. The van der Waals surface area contributed by atoms with E-state index in [1.54, 1.807) is 19.2 Å². The fourth-order valence-electron chi connectivity index (χ4n) is 2.00. The number of pyridine rings is 1. The third-order valence-corrected chi connectivity index (χ3v) is 3.28. The number of hydrogen-bond acceptors (Lipinski definition) is 3. The largest absolute Gasteiger partial charge is 0.373 e. The Bertz CT molecular complexity index is 602. The van der Waals surface area contributed by atoms with E-state index in [1.807, 2.05) is 18.2 Å². The van der Waals surface area contributed by atoms with Crippen molar-refractivity contribution >= 4 is 23.3 Å². The van der Waals surface area contributed by atoms with Crippen molar-refractivity contribution in [1.29, 1.82) is 0 Å². The van der Waals surface area contributed by atoms with Crippen LogP contribution in [0.25, 0.3) is 0 Å². The first-order chi connectivity index (χ1) is 10.2. The first-order valence-electron chi connectivity index (χ1n) is 6.86. The maximum absolute atomic E-state index is 12.1. The van der Waals surface area contributed by atoms with E-state index in [2.05, 4.69) is 27.8 Å². The Balaban J connectivity index is 1.83. The number of aromatic nitrogens is 1. The van der Waals surface area contributed by atoms with Crippen LogP contribution in [0.3, 0.4) is 0 Å². The number of amides is 1. The Kier molecular flexibility index (Phi) is 5.58. The number of nitrogens with one attached hydrogen (secondary N) is 2. The molecular formula is C16H18ClN3O. The molecule has 0 fully saturated rings. The molecule has 0 saturated carbocycles. The van der Waals surface area contributed by atoms with E-state index < -0.39 is 0 Å². The second-order valence-corrected chi connectivity index (χ2v) is 5.05. The molecule has 5 heteroatoms. The lowest BCUT2D eigenvalue weighted by atomic mass is 10.1. The maximum atomic E-state index is 12.1. The van der Waals surface area contributed by atoms with E-state index in [0.29, 0.717) is 23.1 Å². The highest BCUT2D eigenvalue weighted by Crippen LogP contribution is 2.14. The molecule has 0 spiro atoms. The minimum Gasteiger partial charge on any atom is -0.373 e. The van der Waals surface area contributed by atoms with E-state index in [0.717, 1.165) is 12.8 Å². The summed E-state index contributed by atoms with van der Waals surface area (Å²) in [6.07, 6.45) is 1.84. The molecule has 0 radical (unpaired) electrons. The lowest BCUT2D eigenvalue weighted by Gasteiger charge is -2.07. The molecule has 0 aliphatic carbocycles. The molecule has 0 saturated heterocycles. The van der Waals surface area contributed by atoms with E-state index in [9.17, 15) is 4.79 Å². The number of rotatable bonds is 6. The molecule has 0 aliphatic heterocycles. The summed E-state index contributed by atoms with van der Waals surface area (Å²) in [7, 11) is 1.74. The summed E-state index contributed by atoms with van der Waals surface area (Å²) in [5, 5.41) is 6.07. The van der Waals surface area contributed by atoms with Crippen LogP contribution in [0.2, 0.25) is 5.15 Å². The van der Waals surface area contributed by atoms with Crippen molar-refractivity contribution in [2.45, 2.75) is 12.8 Å². The monoisotopic (exact) mass is 303 g/mol. The van der Waals surface area contributed by atoms with Gasteiger partial charge in [0.15, 0.2) is 0 Å². The zero-order chi connectivity index (χ0) is 15.1. The minimum absolute atomic E-state index is 0.135. The summed E-state index contributed by atoms with van der Waals surface area (Å²) >= 11 is 5.88. The molecule has 1 amide bonds. The fraction of sp³-hybridized carbons (Fsp3) is 0.250. The van der Waals surface area contributed by atoms with Crippen molar-refractivity contribution in [3.63, 3.8) is 0 Å². The van der Waals surface area contributed by atoms with Gasteiger partial charge < -0.3 is 10.6 Å². The highest BCUT2D eigenvalue weighted by Gasteiger charge is 2.08. The predicted octanol–water partition coefficient (Wildman–Crippen LogP) is 3.14. The number of hydrogen-bond donors (Lipinski definition) is 2.